The molecule has 0 aliphatic heterocycles. The van der Waals surface area contributed by atoms with E-state index in [9.17, 15) is 4.79 Å². The molecular weight excluding hydrogens is 202 g/mol. The summed E-state index contributed by atoms with van der Waals surface area (Å²) in [5.74, 6) is 2.08. The Hall–Kier alpha value is -1.32. The predicted molar refractivity (Wildman–Crippen MR) is 62.6 cm³/mol. The molecule has 1 atom stereocenters. The number of aromatic nitrogens is 2. The Morgan fingerprint density at radius 1 is 1.50 bits per heavy atom. The van der Waals surface area contributed by atoms with Crippen LogP contribution in [0.4, 0.5) is 5.82 Å². The van der Waals surface area contributed by atoms with Gasteiger partial charge in [0.1, 0.15) is 11.6 Å². The third-order valence-corrected chi connectivity index (χ3v) is 3.56. The van der Waals surface area contributed by atoms with E-state index < -0.39 is 0 Å². The van der Waals surface area contributed by atoms with Crippen molar-refractivity contribution < 1.29 is 0 Å². The van der Waals surface area contributed by atoms with Gasteiger partial charge in [-0.1, -0.05) is 13.8 Å². The van der Waals surface area contributed by atoms with Crippen molar-refractivity contribution in [2.75, 3.05) is 5.32 Å². The van der Waals surface area contributed by atoms with Crippen LogP contribution in [0.15, 0.2) is 10.9 Å². The third kappa shape index (κ3) is 1.84. The van der Waals surface area contributed by atoms with Crippen LogP contribution in [-0.2, 0) is 0 Å². The third-order valence-electron chi connectivity index (χ3n) is 3.56. The molecule has 0 radical (unpaired) electrons. The van der Waals surface area contributed by atoms with Crippen LogP contribution >= 0.6 is 0 Å². The molecule has 2 N–H and O–H groups in total. The SMILES string of the molecule is CC1(C)CC1Nc1cc(=O)[nH]c(C2CC2)n1. The van der Waals surface area contributed by atoms with Gasteiger partial charge in [-0.2, -0.15) is 0 Å². The summed E-state index contributed by atoms with van der Waals surface area (Å²) in [6.45, 7) is 4.44. The Kier molecular flexibility index (Phi) is 1.91. The van der Waals surface area contributed by atoms with Crippen molar-refractivity contribution in [1.82, 2.24) is 9.97 Å². The lowest BCUT2D eigenvalue weighted by Gasteiger charge is -2.08. The Morgan fingerprint density at radius 2 is 2.19 bits per heavy atom. The first-order valence-electron chi connectivity index (χ1n) is 5.92. The second-order valence-corrected chi connectivity index (χ2v) is 5.68. The minimum Gasteiger partial charge on any atom is -0.367 e. The van der Waals surface area contributed by atoms with E-state index in [4.69, 9.17) is 0 Å². The zero-order valence-corrected chi connectivity index (χ0v) is 9.71. The number of aromatic amines is 1. The summed E-state index contributed by atoms with van der Waals surface area (Å²) in [6, 6.07) is 2.02. The van der Waals surface area contributed by atoms with Gasteiger partial charge in [-0.3, -0.25) is 4.79 Å². The van der Waals surface area contributed by atoms with Crippen LogP contribution in [0.3, 0.4) is 0 Å². The molecule has 86 valence electrons. The van der Waals surface area contributed by atoms with Crippen molar-refractivity contribution in [2.24, 2.45) is 5.41 Å². The van der Waals surface area contributed by atoms with Crippen molar-refractivity contribution in [3.63, 3.8) is 0 Å². The highest BCUT2D eigenvalue weighted by Crippen LogP contribution is 2.46. The Morgan fingerprint density at radius 3 is 2.75 bits per heavy atom. The minimum absolute atomic E-state index is 0.0437. The average molecular weight is 219 g/mol. The van der Waals surface area contributed by atoms with E-state index in [0.717, 1.165) is 30.9 Å². The molecule has 2 aliphatic carbocycles. The van der Waals surface area contributed by atoms with Gasteiger partial charge >= 0.3 is 0 Å². The van der Waals surface area contributed by atoms with Gasteiger partial charge in [0.15, 0.2) is 0 Å². The first-order chi connectivity index (χ1) is 7.54. The quantitative estimate of drug-likeness (QED) is 0.815. The van der Waals surface area contributed by atoms with Crippen LogP contribution in [0.2, 0.25) is 0 Å². The highest BCUT2D eigenvalue weighted by Gasteiger charge is 2.45. The molecule has 1 aromatic rings. The van der Waals surface area contributed by atoms with E-state index in [1.165, 1.54) is 0 Å². The predicted octanol–water partition coefficient (Wildman–Crippen LogP) is 1.86. The monoisotopic (exact) mass is 219 g/mol. The molecule has 2 aliphatic rings. The lowest BCUT2D eigenvalue weighted by molar-refractivity contribution is 0.629. The molecule has 1 unspecified atom stereocenters. The van der Waals surface area contributed by atoms with Crippen molar-refractivity contribution >= 4 is 5.82 Å². The highest BCUT2D eigenvalue weighted by atomic mass is 16.1. The molecule has 2 fully saturated rings. The van der Waals surface area contributed by atoms with Gasteiger partial charge in [-0.25, -0.2) is 4.98 Å². The fraction of sp³-hybridized carbons (Fsp3) is 0.667. The number of anilines is 1. The second kappa shape index (κ2) is 3.09. The van der Waals surface area contributed by atoms with Crippen molar-refractivity contribution in [2.45, 2.75) is 45.1 Å². The molecule has 0 amide bonds. The summed E-state index contributed by atoms with van der Waals surface area (Å²) in [5, 5.41) is 3.34. The lowest BCUT2D eigenvalue weighted by atomic mass is 10.2. The largest absolute Gasteiger partial charge is 0.367 e. The molecule has 2 saturated carbocycles. The minimum atomic E-state index is -0.0437. The molecule has 3 rings (SSSR count). The summed E-state index contributed by atoms with van der Waals surface area (Å²) in [4.78, 5) is 18.8. The first-order valence-corrected chi connectivity index (χ1v) is 5.92. The van der Waals surface area contributed by atoms with Gasteiger partial charge < -0.3 is 10.3 Å². The number of rotatable bonds is 3. The summed E-state index contributed by atoms with van der Waals surface area (Å²) in [6.07, 6.45) is 3.46. The Bertz CT molecular complexity index is 473. The molecule has 1 heterocycles. The van der Waals surface area contributed by atoms with Crippen LogP contribution in [-0.4, -0.2) is 16.0 Å². The van der Waals surface area contributed by atoms with E-state index in [1.54, 1.807) is 6.07 Å². The number of hydrogen-bond donors (Lipinski definition) is 2. The van der Waals surface area contributed by atoms with E-state index in [-0.39, 0.29) is 5.56 Å². The van der Waals surface area contributed by atoms with Gasteiger partial charge in [-0.15, -0.1) is 0 Å². The van der Waals surface area contributed by atoms with Gasteiger partial charge in [0.2, 0.25) is 0 Å². The first kappa shape index (κ1) is 9.87. The zero-order chi connectivity index (χ0) is 11.3. The maximum absolute atomic E-state index is 11.5. The summed E-state index contributed by atoms with van der Waals surface area (Å²) >= 11 is 0. The smallest absolute Gasteiger partial charge is 0.252 e. The number of H-pyrrole nitrogens is 1. The summed E-state index contributed by atoms with van der Waals surface area (Å²) in [5.41, 5.74) is 0.308. The molecule has 0 bridgehead atoms. The summed E-state index contributed by atoms with van der Waals surface area (Å²) < 4.78 is 0. The fourth-order valence-electron chi connectivity index (χ4n) is 1.99. The maximum Gasteiger partial charge on any atom is 0.252 e. The van der Waals surface area contributed by atoms with Crippen molar-refractivity contribution in [3.8, 4) is 0 Å². The molecule has 16 heavy (non-hydrogen) atoms. The topological polar surface area (TPSA) is 57.8 Å². The van der Waals surface area contributed by atoms with Crippen LogP contribution < -0.4 is 10.9 Å². The van der Waals surface area contributed by atoms with E-state index in [2.05, 4.69) is 29.1 Å². The molecule has 4 heteroatoms. The molecule has 0 spiro atoms. The lowest BCUT2D eigenvalue weighted by Crippen LogP contribution is -2.16. The second-order valence-electron chi connectivity index (χ2n) is 5.68. The van der Waals surface area contributed by atoms with Gasteiger partial charge in [-0.05, 0) is 24.7 Å². The molecule has 4 nitrogen and oxygen atoms in total. The van der Waals surface area contributed by atoms with E-state index >= 15 is 0 Å². The van der Waals surface area contributed by atoms with Gasteiger partial charge in [0.25, 0.3) is 5.56 Å². The van der Waals surface area contributed by atoms with Crippen LogP contribution in [0.1, 0.15) is 44.9 Å². The summed E-state index contributed by atoms with van der Waals surface area (Å²) in [7, 11) is 0. The molecule has 0 aromatic carbocycles. The van der Waals surface area contributed by atoms with Crippen molar-refractivity contribution in [3.05, 3.63) is 22.2 Å². The maximum atomic E-state index is 11.5. The van der Waals surface area contributed by atoms with Crippen LogP contribution in [0, 0.1) is 5.41 Å². The fourth-order valence-corrected chi connectivity index (χ4v) is 1.99. The van der Waals surface area contributed by atoms with E-state index in [1.807, 2.05) is 0 Å². The van der Waals surface area contributed by atoms with Crippen molar-refractivity contribution in [1.29, 1.82) is 0 Å². The van der Waals surface area contributed by atoms with Crippen LogP contribution in [0.5, 0.6) is 0 Å². The number of hydrogen-bond acceptors (Lipinski definition) is 3. The van der Waals surface area contributed by atoms with Gasteiger partial charge in [0.05, 0.1) is 0 Å². The Labute approximate surface area is 94.5 Å². The zero-order valence-electron chi connectivity index (χ0n) is 9.71. The average Bonchev–Trinajstić information content (AvgIpc) is 3.04. The van der Waals surface area contributed by atoms with Crippen LogP contribution in [0.25, 0.3) is 0 Å². The molecular formula is C12H17N3O. The normalized spacial score (nSPS) is 26.5. The highest BCUT2D eigenvalue weighted by molar-refractivity contribution is 5.38. The van der Waals surface area contributed by atoms with E-state index in [0.29, 0.717) is 17.4 Å². The van der Waals surface area contributed by atoms with Gasteiger partial charge in [0, 0.05) is 18.0 Å². The number of nitrogens with one attached hydrogen (secondary N) is 2. The molecule has 0 saturated heterocycles. The number of nitrogens with zero attached hydrogens (tertiary/aromatic N) is 1. The Balaban J connectivity index is 1.81. The molecule has 1 aromatic heterocycles. The standard InChI is InChI=1S/C12H17N3O/c1-12(2)6-8(12)13-9-5-10(16)15-11(14-9)7-3-4-7/h5,7-8H,3-4,6H2,1-2H3,(H2,13,14,15,16).